The fourth-order valence-electron chi connectivity index (χ4n) is 1.53. The molecule has 0 radical (unpaired) electrons. The van der Waals surface area contributed by atoms with Crippen LogP contribution in [-0.4, -0.2) is 28.9 Å². The van der Waals surface area contributed by atoms with Crippen molar-refractivity contribution < 1.29 is 18.0 Å². The monoisotopic (exact) mass is 307 g/mol. The number of thioether (sulfide) groups is 1. The molecule has 1 amide bonds. The highest BCUT2D eigenvalue weighted by Crippen LogP contribution is 2.29. The third-order valence-electron chi connectivity index (χ3n) is 2.59. The number of amides is 1. The van der Waals surface area contributed by atoms with E-state index >= 15 is 0 Å². The maximum atomic E-state index is 12.6. The van der Waals surface area contributed by atoms with Crippen LogP contribution in [0.5, 0.6) is 0 Å². The number of hydrogen-bond acceptors (Lipinski definition) is 4. The Labute approximate surface area is 119 Å². The largest absolute Gasteiger partial charge is 0.433 e. The van der Waals surface area contributed by atoms with E-state index in [0.29, 0.717) is 0 Å². The van der Waals surface area contributed by atoms with E-state index < -0.39 is 17.8 Å². The number of aromatic nitrogens is 1. The summed E-state index contributed by atoms with van der Waals surface area (Å²) in [5, 5.41) is 2.81. The average Bonchev–Trinajstić information content (AvgIpc) is 2.34. The predicted octanol–water partition coefficient (Wildman–Crippen LogP) is 2.75. The summed E-state index contributed by atoms with van der Waals surface area (Å²) in [5.41, 5.74) is 4.04. The summed E-state index contributed by atoms with van der Waals surface area (Å²) in [5.74, 6) is -0.0920. The van der Waals surface area contributed by atoms with Crippen LogP contribution in [-0.2, 0) is 6.18 Å². The summed E-state index contributed by atoms with van der Waals surface area (Å²) < 4.78 is 37.9. The Hall–Kier alpha value is -1.44. The van der Waals surface area contributed by atoms with Gasteiger partial charge in [-0.05, 0) is 37.5 Å². The number of carbonyl (C=O) groups excluding carboxylic acids is 1. The van der Waals surface area contributed by atoms with E-state index in [1.165, 1.54) is 0 Å². The van der Waals surface area contributed by atoms with Crippen LogP contribution < -0.4 is 11.1 Å². The minimum absolute atomic E-state index is 0.0472. The number of nitrogens with one attached hydrogen (secondary N) is 1. The molecule has 0 aliphatic rings. The van der Waals surface area contributed by atoms with E-state index in [2.05, 4.69) is 10.3 Å². The van der Waals surface area contributed by atoms with Gasteiger partial charge in [-0.3, -0.25) is 4.79 Å². The zero-order chi connectivity index (χ0) is 15.3. The van der Waals surface area contributed by atoms with Gasteiger partial charge in [0.1, 0.15) is 11.5 Å². The lowest BCUT2D eigenvalue weighted by Gasteiger charge is -2.17. The van der Waals surface area contributed by atoms with Gasteiger partial charge in [-0.25, -0.2) is 4.98 Å². The van der Waals surface area contributed by atoms with Crippen molar-refractivity contribution in [3.63, 3.8) is 0 Å². The molecule has 1 rings (SSSR count). The quantitative estimate of drug-likeness (QED) is 0.848. The van der Waals surface area contributed by atoms with Gasteiger partial charge >= 0.3 is 6.18 Å². The number of pyridine rings is 1. The Kier molecular flexibility index (Phi) is 5.67. The molecule has 0 saturated heterocycles. The number of anilines is 1. The van der Waals surface area contributed by atoms with Gasteiger partial charge in [-0.15, -0.1) is 0 Å². The number of alkyl halides is 3. The summed E-state index contributed by atoms with van der Waals surface area (Å²) >= 11 is 1.63. The molecule has 0 saturated carbocycles. The van der Waals surface area contributed by atoms with Crippen molar-refractivity contribution in [2.75, 3.05) is 17.3 Å². The van der Waals surface area contributed by atoms with E-state index in [0.717, 1.165) is 24.3 Å². The normalized spacial score (nSPS) is 13.1. The van der Waals surface area contributed by atoms with Gasteiger partial charge in [0.25, 0.3) is 5.91 Å². The molecular weight excluding hydrogens is 291 g/mol. The van der Waals surface area contributed by atoms with Crippen LogP contribution >= 0.6 is 11.8 Å². The standard InChI is InChI=1S/C12H16F3N3OS/c1-7(5-6-20-2)17-11-8(10(16)19)3-4-9(18-11)12(13,14)15/h3-4,7H,5-6H2,1-2H3,(H2,16,19)(H,17,18). The Morgan fingerprint density at radius 1 is 1.50 bits per heavy atom. The Morgan fingerprint density at radius 3 is 2.65 bits per heavy atom. The lowest BCUT2D eigenvalue weighted by molar-refractivity contribution is -0.141. The first-order chi connectivity index (χ1) is 9.25. The van der Waals surface area contributed by atoms with E-state index in [1.807, 2.05) is 13.2 Å². The molecule has 0 fully saturated rings. The highest BCUT2D eigenvalue weighted by Gasteiger charge is 2.33. The highest BCUT2D eigenvalue weighted by molar-refractivity contribution is 7.98. The van der Waals surface area contributed by atoms with Gasteiger partial charge in [-0.1, -0.05) is 0 Å². The minimum atomic E-state index is -4.56. The molecule has 1 aromatic rings. The number of carbonyl (C=O) groups is 1. The molecule has 0 bridgehead atoms. The molecule has 8 heteroatoms. The van der Waals surface area contributed by atoms with Crippen LogP contribution in [0.1, 0.15) is 29.4 Å². The molecule has 4 nitrogen and oxygen atoms in total. The molecule has 0 aromatic carbocycles. The van der Waals surface area contributed by atoms with Crippen molar-refractivity contribution in [1.82, 2.24) is 4.98 Å². The lowest BCUT2D eigenvalue weighted by atomic mass is 10.2. The smallest absolute Gasteiger partial charge is 0.367 e. The summed E-state index contributed by atoms with van der Waals surface area (Å²) in [6, 6.07) is 1.68. The van der Waals surface area contributed by atoms with Crippen molar-refractivity contribution in [2.45, 2.75) is 25.6 Å². The summed E-state index contributed by atoms with van der Waals surface area (Å²) in [6.07, 6.45) is -1.89. The third-order valence-corrected chi connectivity index (χ3v) is 3.23. The number of hydrogen-bond donors (Lipinski definition) is 2. The number of nitrogens with two attached hydrogens (primary N) is 1. The molecule has 0 aliphatic heterocycles. The van der Waals surface area contributed by atoms with E-state index in [-0.39, 0.29) is 17.4 Å². The van der Waals surface area contributed by atoms with Gasteiger partial charge in [0.05, 0.1) is 5.56 Å². The van der Waals surface area contributed by atoms with Gasteiger partial charge in [0, 0.05) is 6.04 Å². The predicted molar refractivity (Wildman–Crippen MR) is 73.8 cm³/mol. The molecule has 3 N–H and O–H groups in total. The van der Waals surface area contributed by atoms with Crippen LogP contribution in [0.4, 0.5) is 19.0 Å². The van der Waals surface area contributed by atoms with Crippen LogP contribution in [0.2, 0.25) is 0 Å². The second kappa shape index (κ2) is 6.83. The fourth-order valence-corrected chi connectivity index (χ4v) is 2.12. The SMILES string of the molecule is CSCCC(C)Nc1nc(C(F)(F)F)ccc1C(N)=O. The van der Waals surface area contributed by atoms with Crippen molar-refractivity contribution in [1.29, 1.82) is 0 Å². The maximum Gasteiger partial charge on any atom is 0.433 e. The molecule has 0 spiro atoms. The lowest BCUT2D eigenvalue weighted by Crippen LogP contribution is -2.23. The van der Waals surface area contributed by atoms with Crippen molar-refractivity contribution in [3.8, 4) is 0 Å². The molecule has 1 atom stereocenters. The van der Waals surface area contributed by atoms with E-state index in [4.69, 9.17) is 5.73 Å². The molecule has 1 aromatic heterocycles. The van der Waals surface area contributed by atoms with Gasteiger partial charge in [0.2, 0.25) is 0 Å². The van der Waals surface area contributed by atoms with Gasteiger partial charge in [0.15, 0.2) is 0 Å². The topological polar surface area (TPSA) is 68.0 Å². The fraction of sp³-hybridized carbons (Fsp3) is 0.500. The zero-order valence-corrected chi connectivity index (χ0v) is 11.9. The summed E-state index contributed by atoms with van der Waals surface area (Å²) in [4.78, 5) is 14.7. The third kappa shape index (κ3) is 4.59. The van der Waals surface area contributed by atoms with Gasteiger partial charge in [-0.2, -0.15) is 24.9 Å². The Balaban J connectivity index is 3.03. The Bertz CT molecular complexity index is 480. The minimum Gasteiger partial charge on any atom is -0.367 e. The van der Waals surface area contributed by atoms with E-state index in [1.54, 1.807) is 11.8 Å². The molecular formula is C12H16F3N3OS. The first-order valence-electron chi connectivity index (χ1n) is 5.89. The van der Waals surface area contributed by atoms with Crippen LogP contribution in [0, 0.1) is 0 Å². The Morgan fingerprint density at radius 2 is 2.15 bits per heavy atom. The second-order valence-electron chi connectivity index (χ2n) is 4.28. The van der Waals surface area contributed by atoms with Crippen LogP contribution in [0.25, 0.3) is 0 Å². The zero-order valence-electron chi connectivity index (χ0n) is 11.1. The first kappa shape index (κ1) is 16.6. The maximum absolute atomic E-state index is 12.6. The summed E-state index contributed by atoms with van der Waals surface area (Å²) in [7, 11) is 0. The number of halogens is 3. The number of primary amides is 1. The van der Waals surface area contributed by atoms with E-state index in [9.17, 15) is 18.0 Å². The van der Waals surface area contributed by atoms with Crippen molar-refractivity contribution in [2.24, 2.45) is 5.73 Å². The van der Waals surface area contributed by atoms with Crippen LogP contribution in [0.15, 0.2) is 12.1 Å². The molecule has 1 heterocycles. The first-order valence-corrected chi connectivity index (χ1v) is 7.28. The molecule has 112 valence electrons. The molecule has 20 heavy (non-hydrogen) atoms. The second-order valence-corrected chi connectivity index (χ2v) is 5.27. The number of nitrogens with zero attached hydrogens (tertiary/aromatic N) is 1. The number of rotatable bonds is 6. The van der Waals surface area contributed by atoms with Crippen molar-refractivity contribution in [3.05, 3.63) is 23.4 Å². The summed E-state index contributed by atoms with van der Waals surface area (Å²) in [6.45, 7) is 1.81. The highest BCUT2D eigenvalue weighted by atomic mass is 32.2. The van der Waals surface area contributed by atoms with Gasteiger partial charge < -0.3 is 11.1 Å². The van der Waals surface area contributed by atoms with Crippen molar-refractivity contribution >= 4 is 23.5 Å². The molecule has 1 unspecified atom stereocenters. The molecule has 0 aliphatic carbocycles. The average molecular weight is 307 g/mol. The van der Waals surface area contributed by atoms with Crippen LogP contribution in [0.3, 0.4) is 0 Å².